The second-order valence-corrected chi connectivity index (χ2v) is 16.2. The lowest BCUT2D eigenvalue weighted by atomic mass is 10.0. The van der Waals surface area contributed by atoms with Crippen molar-refractivity contribution in [3.8, 4) is 33.4 Å². The van der Waals surface area contributed by atoms with Gasteiger partial charge in [-0.15, -0.1) is 0 Å². The van der Waals surface area contributed by atoms with Crippen LogP contribution in [0.4, 0.5) is 34.1 Å². The van der Waals surface area contributed by atoms with E-state index in [2.05, 4.69) is 228 Å². The number of furan rings is 2. The Labute approximate surface area is 371 Å². The molecule has 2 aromatic heterocycles. The minimum absolute atomic E-state index is 0.842. The van der Waals surface area contributed by atoms with Crippen molar-refractivity contribution in [2.75, 3.05) is 9.80 Å². The highest BCUT2D eigenvalue weighted by atomic mass is 16.3. The van der Waals surface area contributed by atoms with Gasteiger partial charge < -0.3 is 18.6 Å². The SMILES string of the molecule is c1ccc(-c2ccc(N(c3ccc(-c4ccccc4)cc3)c3ccc(-c4cccc(N(c5ccc6c(c5)oc5ccccc56)c5ccc6c(c5)oc5ccccc56)c4)cc3)cc2)cc1. The molecule has 0 spiro atoms. The molecule has 302 valence electrons. The highest BCUT2D eigenvalue weighted by Gasteiger charge is 2.19. The molecule has 4 nitrogen and oxygen atoms in total. The highest BCUT2D eigenvalue weighted by molar-refractivity contribution is 6.08. The van der Waals surface area contributed by atoms with Crippen LogP contribution in [0, 0.1) is 0 Å². The Balaban J connectivity index is 0.929. The quantitative estimate of drug-likeness (QED) is 0.145. The zero-order valence-corrected chi connectivity index (χ0v) is 34.8. The monoisotopic (exact) mass is 820 g/mol. The molecule has 0 aliphatic carbocycles. The van der Waals surface area contributed by atoms with E-state index < -0.39 is 0 Å². The Morgan fingerprint density at radius 3 is 1.00 bits per heavy atom. The summed E-state index contributed by atoms with van der Waals surface area (Å²) in [6.07, 6.45) is 0. The van der Waals surface area contributed by atoms with Crippen molar-refractivity contribution >= 4 is 78.0 Å². The topological polar surface area (TPSA) is 32.8 Å². The van der Waals surface area contributed by atoms with Gasteiger partial charge in [-0.3, -0.25) is 0 Å². The van der Waals surface area contributed by atoms with E-state index in [1.165, 1.54) is 22.3 Å². The van der Waals surface area contributed by atoms with Crippen LogP contribution >= 0.6 is 0 Å². The number of hydrogen-bond acceptors (Lipinski definition) is 4. The second kappa shape index (κ2) is 15.7. The smallest absolute Gasteiger partial charge is 0.137 e. The van der Waals surface area contributed by atoms with Crippen LogP contribution in [0.5, 0.6) is 0 Å². The molecule has 0 saturated carbocycles. The van der Waals surface area contributed by atoms with Crippen molar-refractivity contribution in [1.29, 1.82) is 0 Å². The minimum Gasteiger partial charge on any atom is -0.456 e. The fourth-order valence-electron chi connectivity index (χ4n) is 9.10. The van der Waals surface area contributed by atoms with Gasteiger partial charge in [0.1, 0.15) is 22.3 Å². The Morgan fingerprint density at radius 1 is 0.203 bits per heavy atom. The molecule has 0 atom stereocenters. The van der Waals surface area contributed by atoms with E-state index in [1.54, 1.807) is 0 Å². The van der Waals surface area contributed by atoms with Crippen LogP contribution in [0.25, 0.3) is 77.3 Å². The molecule has 0 N–H and O–H groups in total. The third kappa shape index (κ3) is 6.75. The average Bonchev–Trinajstić information content (AvgIpc) is 3.93. The first-order valence-electron chi connectivity index (χ1n) is 21.6. The molecule has 10 aromatic carbocycles. The Morgan fingerprint density at radius 2 is 0.531 bits per heavy atom. The average molecular weight is 821 g/mol. The number of rotatable bonds is 9. The Kier molecular flexibility index (Phi) is 9.12. The van der Waals surface area contributed by atoms with Crippen molar-refractivity contribution < 1.29 is 8.83 Å². The lowest BCUT2D eigenvalue weighted by Crippen LogP contribution is -2.10. The van der Waals surface area contributed by atoms with Crippen LogP contribution in [-0.2, 0) is 0 Å². The fraction of sp³-hybridized carbons (Fsp3) is 0. The molecule has 2 heterocycles. The summed E-state index contributed by atoms with van der Waals surface area (Å²) >= 11 is 0. The van der Waals surface area contributed by atoms with E-state index in [9.17, 15) is 0 Å². The fourth-order valence-corrected chi connectivity index (χ4v) is 9.10. The predicted octanol–water partition coefficient (Wildman–Crippen LogP) is 17.4. The van der Waals surface area contributed by atoms with E-state index in [0.29, 0.717) is 0 Å². The summed E-state index contributed by atoms with van der Waals surface area (Å²) in [7, 11) is 0. The molecule has 0 unspecified atom stereocenters. The normalized spacial score (nSPS) is 11.4. The van der Waals surface area contributed by atoms with Crippen LogP contribution in [-0.4, -0.2) is 0 Å². The predicted molar refractivity (Wildman–Crippen MR) is 267 cm³/mol. The number of para-hydroxylation sites is 2. The maximum atomic E-state index is 6.42. The molecule has 4 heteroatoms. The molecule has 64 heavy (non-hydrogen) atoms. The van der Waals surface area contributed by atoms with Crippen molar-refractivity contribution in [3.05, 3.63) is 243 Å². The third-order valence-electron chi connectivity index (χ3n) is 12.3. The van der Waals surface area contributed by atoms with Gasteiger partial charge in [-0.25, -0.2) is 0 Å². The van der Waals surface area contributed by atoms with Crippen LogP contribution in [0.15, 0.2) is 251 Å². The standard InChI is InChI=1S/C60H40N2O2/c1-3-12-41(13-4-1)43-22-28-47(29-23-43)61(48-30-24-44(25-31-48)42-14-5-2-6-15-42)49-32-26-45(27-33-49)46-16-11-17-50(38-46)62(51-34-36-55-53-18-7-9-20-57(53)63-59(55)39-51)52-35-37-56-54-19-8-10-21-58(54)64-60(56)40-52/h1-40H. The van der Waals surface area contributed by atoms with E-state index in [4.69, 9.17) is 8.83 Å². The van der Waals surface area contributed by atoms with Crippen LogP contribution in [0.3, 0.4) is 0 Å². The van der Waals surface area contributed by atoms with Gasteiger partial charge >= 0.3 is 0 Å². The molecule has 0 aliphatic rings. The van der Waals surface area contributed by atoms with E-state index >= 15 is 0 Å². The van der Waals surface area contributed by atoms with E-state index in [-0.39, 0.29) is 0 Å². The molecule has 0 aliphatic heterocycles. The maximum Gasteiger partial charge on any atom is 0.137 e. The largest absolute Gasteiger partial charge is 0.456 e. The van der Waals surface area contributed by atoms with Gasteiger partial charge in [-0.1, -0.05) is 146 Å². The summed E-state index contributed by atoms with van der Waals surface area (Å²) in [5.41, 5.74) is 16.7. The maximum absolute atomic E-state index is 6.42. The summed E-state index contributed by atoms with van der Waals surface area (Å²) in [4.78, 5) is 4.62. The van der Waals surface area contributed by atoms with Crippen LogP contribution < -0.4 is 9.80 Å². The summed E-state index contributed by atoms with van der Waals surface area (Å²) in [5, 5.41) is 4.40. The first-order valence-corrected chi connectivity index (χ1v) is 21.6. The molecule has 0 fully saturated rings. The van der Waals surface area contributed by atoms with Gasteiger partial charge in [-0.2, -0.15) is 0 Å². The number of fused-ring (bicyclic) bond motifs is 6. The third-order valence-corrected chi connectivity index (χ3v) is 12.3. The highest BCUT2D eigenvalue weighted by Crippen LogP contribution is 2.43. The van der Waals surface area contributed by atoms with Gasteiger partial charge in [-0.05, 0) is 118 Å². The van der Waals surface area contributed by atoms with Gasteiger partial charge in [0, 0.05) is 67.8 Å². The van der Waals surface area contributed by atoms with E-state index in [1.807, 2.05) is 24.3 Å². The Hall–Kier alpha value is -8.60. The van der Waals surface area contributed by atoms with Gasteiger partial charge in [0.2, 0.25) is 0 Å². The molecular formula is C60H40N2O2. The van der Waals surface area contributed by atoms with Crippen molar-refractivity contribution in [3.63, 3.8) is 0 Å². The molecular weight excluding hydrogens is 781 g/mol. The van der Waals surface area contributed by atoms with Crippen molar-refractivity contribution in [2.45, 2.75) is 0 Å². The molecule has 0 bridgehead atoms. The lowest BCUT2D eigenvalue weighted by Gasteiger charge is -2.27. The first-order chi connectivity index (χ1) is 31.7. The minimum atomic E-state index is 0.842. The van der Waals surface area contributed by atoms with Crippen LogP contribution in [0.2, 0.25) is 0 Å². The zero-order valence-electron chi connectivity index (χ0n) is 34.8. The summed E-state index contributed by atoms with van der Waals surface area (Å²) in [5.74, 6) is 0. The number of anilines is 6. The summed E-state index contributed by atoms with van der Waals surface area (Å²) in [6.45, 7) is 0. The zero-order chi connectivity index (χ0) is 42.4. The summed E-state index contributed by atoms with van der Waals surface area (Å²) in [6, 6.07) is 85.8. The number of nitrogens with zero attached hydrogens (tertiary/aromatic N) is 2. The molecule has 0 amide bonds. The number of hydrogen-bond donors (Lipinski definition) is 0. The summed E-state index contributed by atoms with van der Waals surface area (Å²) < 4.78 is 12.8. The van der Waals surface area contributed by atoms with Crippen molar-refractivity contribution in [2.24, 2.45) is 0 Å². The van der Waals surface area contributed by atoms with Gasteiger partial charge in [0.05, 0.1) is 0 Å². The molecule has 0 radical (unpaired) electrons. The number of benzene rings is 10. The van der Waals surface area contributed by atoms with Crippen LogP contribution in [0.1, 0.15) is 0 Å². The van der Waals surface area contributed by atoms with Gasteiger partial charge in [0.15, 0.2) is 0 Å². The van der Waals surface area contributed by atoms with Gasteiger partial charge in [0.25, 0.3) is 0 Å². The molecule has 12 aromatic rings. The second-order valence-electron chi connectivity index (χ2n) is 16.2. The molecule has 12 rings (SSSR count). The van der Waals surface area contributed by atoms with E-state index in [0.717, 1.165) is 89.1 Å². The Bertz CT molecular complexity index is 3390. The first kappa shape index (κ1) is 37.2. The molecule has 0 saturated heterocycles. The lowest BCUT2D eigenvalue weighted by molar-refractivity contribution is 0.669. The van der Waals surface area contributed by atoms with Crippen molar-refractivity contribution in [1.82, 2.24) is 0 Å².